The van der Waals surface area contributed by atoms with Crippen LogP contribution in [0.15, 0.2) is 47.1 Å². The summed E-state index contributed by atoms with van der Waals surface area (Å²) in [5.74, 6) is 0.510. The molecule has 4 nitrogen and oxygen atoms in total. The topological polar surface area (TPSA) is 56.0 Å². The quantitative estimate of drug-likeness (QED) is 0.628. The minimum Gasteiger partial charge on any atom is -0.436 e. The number of benzene rings is 1. The zero-order valence-corrected chi connectivity index (χ0v) is 8.83. The highest BCUT2D eigenvalue weighted by molar-refractivity contribution is 5.84. The fourth-order valence-electron chi connectivity index (χ4n) is 1.63. The number of oxazole rings is 1. The Morgan fingerprint density at radius 2 is 2.18 bits per heavy atom. The van der Waals surface area contributed by atoms with Crippen molar-refractivity contribution in [3.8, 4) is 11.5 Å². The second kappa shape index (κ2) is 3.83. The van der Waals surface area contributed by atoms with Gasteiger partial charge in [0.25, 0.3) is 0 Å². The lowest BCUT2D eigenvalue weighted by atomic mass is 10.2. The third-order valence-electron chi connectivity index (χ3n) is 2.46. The van der Waals surface area contributed by atoms with E-state index in [-0.39, 0.29) is 0 Å². The molecular weight excluding hydrogens is 216 g/mol. The summed E-state index contributed by atoms with van der Waals surface area (Å²) in [5, 5.41) is 0. The van der Waals surface area contributed by atoms with E-state index in [2.05, 4.69) is 9.97 Å². The third kappa shape index (κ3) is 1.69. The van der Waals surface area contributed by atoms with Crippen LogP contribution in [0, 0.1) is 0 Å². The van der Waals surface area contributed by atoms with Gasteiger partial charge in [0.05, 0.1) is 5.56 Å². The Bertz CT molecular complexity index is 674. The molecule has 0 spiro atoms. The second-order valence-corrected chi connectivity index (χ2v) is 3.61. The SMILES string of the molecule is O=Cc1ccc2oc(-c3cccnc3)nc2c1. The van der Waals surface area contributed by atoms with Gasteiger partial charge in [0.2, 0.25) is 5.89 Å². The summed E-state index contributed by atoms with van der Waals surface area (Å²) in [6, 6.07) is 8.84. The Morgan fingerprint density at radius 3 is 2.94 bits per heavy atom. The largest absolute Gasteiger partial charge is 0.436 e. The van der Waals surface area contributed by atoms with Crippen molar-refractivity contribution in [1.82, 2.24) is 9.97 Å². The normalized spacial score (nSPS) is 10.6. The maximum absolute atomic E-state index is 10.7. The lowest BCUT2D eigenvalue weighted by Gasteiger charge is -1.90. The molecule has 82 valence electrons. The Kier molecular flexibility index (Phi) is 2.19. The van der Waals surface area contributed by atoms with Gasteiger partial charge in [0, 0.05) is 18.0 Å². The Morgan fingerprint density at radius 1 is 1.24 bits per heavy atom. The van der Waals surface area contributed by atoms with Gasteiger partial charge in [-0.25, -0.2) is 4.98 Å². The molecule has 0 N–H and O–H groups in total. The highest BCUT2D eigenvalue weighted by Crippen LogP contribution is 2.23. The predicted molar refractivity (Wildman–Crippen MR) is 62.6 cm³/mol. The van der Waals surface area contributed by atoms with Crippen molar-refractivity contribution in [2.45, 2.75) is 0 Å². The number of pyridine rings is 1. The van der Waals surface area contributed by atoms with Gasteiger partial charge < -0.3 is 4.42 Å². The van der Waals surface area contributed by atoms with Crippen LogP contribution < -0.4 is 0 Å². The van der Waals surface area contributed by atoms with Gasteiger partial charge in [-0.05, 0) is 30.3 Å². The van der Waals surface area contributed by atoms with Crippen LogP contribution in [0.5, 0.6) is 0 Å². The van der Waals surface area contributed by atoms with Crippen molar-refractivity contribution < 1.29 is 9.21 Å². The number of rotatable bonds is 2. The smallest absolute Gasteiger partial charge is 0.228 e. The molecule has 0 atom stereocenters. The summed E-state index contributed by atoms with van der Waals surface area (Å²) in [7, 11) is 0. The van der Waals surface area contributed by atoms with E-state index in [0.29, 0.717) is 22.6 Å². The number of carbonyl (C=O) groups excluding carboxylic acids is 1. The van der Waals surface area contributed by atoms with E-state index in [0.717, 1.165) is 11.8 Å². The lowest BCUT2D eigenvalue weighted by Crippen LogP contribution is -1.79. The Balaban J connectivity index is 2.17. The van der Waals surface area contributed by atoms with Crippen molar-refractivity contribution >= 4 is 17.4 Å². The summed E-state index contributed by atoms with van der Waals surface area (Å²) < 4.78 is 5.59. The Labute approximate surface area is 96.9 Å². The first-order valence-electron chi connectivity index (χ1n) is 5.13. The van der Waals surface area contributed by atoms with Crippen molar-refractivity contribution in [1.29, 1.82) is 0 Å². The van der Waals surface area contributed by atoms with Crippen molar-refractivity contribution in [3.63, 3.8) is 0 Å². The monoisotopic (exact) mass is 224 g/mol. The number of nitrogens with zero attached hydrogens (tertiary/aromatic N) is 2. The molecule has 0 saturated carbocycles. The first-order chi connectivity index (χ1) is 8.36. The summed E-state index contributed by atoms with van der Waals surface area (Å²) in [4.78, 5) is 19.0. The predicted octanol–water partition coefficient (Wildman–Crippen LogP) is 2.70. The van der Waals surface area contributed by atoms with E-state index >= 15 is 0 Å². The summed E-state index contributed by atoms with van der Waals surface area (Å²) >= 11 is 0. The second-order valence-electron chi connectivity index (χ2n) is 3.61. The molecule has 0 aliphatic heterocycles. The van der Waals surface area contributed by atoms with Crippen LogP contribution in [0.1, 0.15) is 10.4 Å². The zero-order chi connectivity index (χ0) is 11.7. The molecule has 0 aliphatic carbocycles. The van der Waals surface area contributed by atoms with Crippen LogP contribution in [0.3, 0.4) is 0 Å². The Hall–Kier alpha value is -2.49. The molecule has 0 bridgehead atoms. The van der Waals surface area contributed by atoms with Gasteiger partial charge in [-0.15, -0.1) is 0 Å². The first-order valence-corrected chi connectivity index (χ1v) is 5.13. The number of aldehydes is 1. The molecule has 0 aliphatic rings. The summed E-state index contributed by atoms with van der Waals surface area (Å²) in [6.45, 7) is 0. The fourth-order valence-corrected chi connectivity index (χ4v) is 1.63. The van der Waals surface area contributed by atoms with E-state index in [1.54, 1.807) is 30.6 Å². The van der Waals surface area contributed by atoms with Gasteiger partial charge in [0.1, 0.15) is 11.8 Å². The van der Waals surface area contributed by atoms with Gasteiger partial charge in [0.15, 0.2) is 5.58 Å². The van der Waals surface area contributed by atoms with E-state index in [9.17, 15) is 4.79 Å². The molecule has 2 aromatic heterocycles. The molecule has 0 unspecified atom stereocenters. The molecule has 17 heavy (non-hydrogen) atoms. The zero-order valence-electron chi connectivity index (χ0n) is 8.83. The van der Waals surface area contributed by atoms with Crippen molar-refractivity contribution in [3.05, 3.63) is 48.3 Å². The standard InChI is InChI=1S/C13H8N2O2/c16-8-9-3-4-12-11(6-9)15-13(17-12)10-2-1-5-14-7-10/h1-8H. The van der Waals surface area contributed by atoms with Crippen LogP contribution >= 0.6 is 0 Å². The summed E-state index contributed by atoms with van der Waals surface area (Å²) in [5.41, 5.74) is 2.74. The highest BCUT2D eigenvalue weighted by Gasteiger charge is 2.08. The van der Waals surface area contributed by atoms with Gasteiger partial charge in [-0.3, -0.25) is 9.78 Å². The van der Waals surface area contributed by atoms with Gasteiger partial charge in [-0.1, -0.05) is 0 Å². The lowest BCUT2D eigenvalue weighted by molar-refractivity contribution is 0.112. The minimum atomic E-state index is 0.510. The third-order valence-corrected chi connectivity index (χ3v) is 2.46. The average Bonchev–Trinajstić information content (AvgIpc) is 2.82. The van der Waals surface area contributed by atoms with Crippen LogP contribution in [-0.4, -0.2) is 16.3 Å². The van der Waals surface area contributed by atoms with Crippen molar-refractivity contribution in [2.24, 2.45) is 0 Å². The minimum absolute atomic E-state index is 0.510. The fraction of sp³-hybridized carbons (Fsp3) is 0. The number of carbonyl (C=O) groups is 1. The van der Waals surface area contributed by atoms with Gasteiger partial charge in [-0.2, -0.15) is 0 Å². The van der Waals surface area contributed by atoms with Crippen LogP contribution in [-0.2, 0) is 0 Å². The first kappa shape index (κ1) is 9.72. The van der Waals surface area contributed by atoms with Crippen LogP contribution in [0.25, 0.3) is 22.6 Å². The molecule has 4 heteroatoms. The maximum Gasteiger partial charge on any atom is 0.228 e. The van der Waals surface area contributed by atoms with E-state index < -0.39 is 0 Å². The van der Waals surface area contributed by atoms with E-state index in [1.807, 2.05) is 12.1 Å². The maximum atomic E-state index is 10.7. The van der Waals surface area contributed by atoms with Crippen molar-refractivity contribution in [2.75, 3.05) is 0 Å². The molecule has 2 heterocycles. The molecule has 0 saturated heterocycles. The summed E-state index contributed by atoms with van der Waals surface area (Å²) in [6.07, 6.45) is 4.17. The van der Waals surface area contributed by atoms with E-state index in [1.165, 1.54) is 0 Å². The molecular formula is C13H8N2O2. The average molecular weight is 224 g/mol. The molecule has 3 aromatic rings. The molecule has 0 fully saturated rings. The number of fused-ring (bicyclic) bond motifs is 1. The number of hydrogen-bond donors (Lipinski definition) is 0. The van der Waals surface area contributed by atoms with Crippen LogP contribution in [0.2, 0.25) is 0 Å². The highest BCUT2D eigenvalue weighted by atomic mass is 16.3. The number of hydrogen-bond acceptors (Lipinski definition) is 4. The van der Waals surface area contributed by atoms with Crippen LogP contribution in [0.4, 0.5) is 0 Å². The number of aromatic nitrogens is 2. The van der Waals surface area contributed by atoms with Gasteiger partial charge >= 0.3 is 0 Å². The molecule has 0 amide bonds. The molecule has 3 rings (SSSR count). The molecule has 1 aromatic carbocycles. The molecule has 0 radical (unpaired) electrons. The van der Waals surface area contributed by atoms with E-state index in [4.69, 9.17) is 4.42 Å².